The number of hydrogen-bond donors (Lipinski definition) is 3. The quantitative estimate of drug-likeness (QED) is 0.383. The van der Waals surface area contributed by atoms with Crippen molar-refractivity contribution in [3.05, 3.63) is 70.6 Å². The number of fused-ring (bicyclic) bond motifs is 2. The van der Waals surface area contributed by atoms with E-state index in [1.807, 2.05) is 25.1 Å². The van der Waals surface area contributed by atoms with Crippen LogP contribution in [0.4, 0.5) is 20.4 Å². The van der Waals surface area contributed by atoms with E-state index in [2.05, 4.69) is 27.9 Å². The molecule has 1 aliphatic rings. The number of rotatable bonds is 2. The third kappa shape index (κ3) is 4.61. The smallest absolute Gasteiger partial charge is 0.262 e. The van der Waals surface area contributed by atoms with Gasteiger partial charge in [-0.3, -0.25) is 9.36 Å². The van der Waals surface area contributed by atoms with Gasteiger partial charge in [-0.25, -0.2) is 18.7 Å². The maximum absolute atomic E-state index is 12.7. The van der Waals surface area contributed by atoms with Gasteiger partial charge >= 0.3 is 0 Å². The van der Waals surface area contributed by atoms with Crippen LogP contribution < -0.4 is 21.3 Å². The monoisotopic (exact) mass is 469 g/mol. The molecule has 0 spiro atoms. The van der Waals surface area contributed by atoms with Crippen molar-refractivity contribution in [1.29, 1.82) is 0 Å². The van der Waals surface area contributed by atoms with E-state index in [1.54, 1.807) is 16.8 Å². The molecule has 4 aromatic rings. The number of halogens is 2. The molecule has 0 radical (unpaired) electrons. The molecule has 0 saturated carbocycles. The van der Waals surface area contributed by atoms with E-state index in [1.165, 1.54) is 13.2 Å². The number of nitrogens with two attached hydrogens (primary N) is 1. The van der Waals surface area contributed by atoms with Crippen molar-refractivity contribution in [1.82, 2.24) is 14.5 Å². The summed E-state index contributed by atoms with van der Waals surface area (Å²) < 4.78 is 31.1. The number of thiol groups is 1. The Morgan fingerprint density at radius 2 is 1.97 bits per heavy atom. The summed E-state index contributed by atoms with van der Waals surface area (Å²) in [7, 11) is 1.52. The third-order valence-electron chi connectivity index (χ3n) is 5.10. The zero-order chi connectivity index (χ0) is 23.7. The van der Waals surface area contributed by atoms with Crippen LogP contribution in [0.1, 0.15) is 6.92 Å². The molecule has 0 bridgehead atoms. The lowest BCUT2D eigenvalue weighted by Crippen LogP contribution is -2.20. The van der Waals surface area contributed by atoms with Crippen LogP contribution in [0, 0.1) is 11.6 Å². The van der Waals surface area contributed by atoms with Gasteiger partial charge in [0.15, 0.2) is 0 Å². The lowest BCUT2D eigenvalue weighted by atomic mass is 10.1. The fraction of sp³-hybridized carbons (Fsp3) is 0.174. The highest BCUT2D eigenvalue weighted by Crippen LogP contribution is 2.28. The molecule has 3 N–H and O–H groups in total. The molecule has 5 rings (SSSR count). The molecule has 170 valence electrons. The van der Waals surface area contributed by atoms with E-state index >= 15 is 0 Å². The Hall–Kier alpha value is -3.66. The summed E-state index contributed by atoms with van der Waals surface area (Å²) in [5.74, 6) is -0.189. The Kier molecular flexibility index (Phi) is 6.19. The van der Waals surface area contributed by atoms with E-state index in [-0.39, 0.29) is 16.5 Å². The second-order valence-electron chi connectivity index (χ2n) is 7.55. The topological polar surface area (TPSA) is 95.1 Å². The van der Waals surface area contributed by atoms with Crippen molar-refractivity contribution in [3.63, 3.8) is 0 Å². The number of methoxy groups -OCH3 is 1. The van der Waals surface area contributed by atoms with Crippen LogP contribution in [0.2, 0.25) is 0 Å². The molecule has 2 aromatic carbocycles. The molecule has 10 heteroatoms. The molecule has 0 amide bonds. The fourth-order valence-electron chi connectivity index (χ4n) is 3.50. The summed E-state index contributed by atoms with van der Waals surface area (Å²) in [5, 5.41) is 3.79. The van der Waals surface area contributed by atoms with Crippen LogP contribution in [0.3, 0.4) is 0 Å². The van der Waals surface area contributed by atoms with Crippen LogP contribution >= 0.6 is 12.6 Å². The van der Waals surface area contributed by atoms with E-state index in [9.17, 15) is 13.6 Å². The number of nitrogens with one attached hydrogen (secondary N) is 1. The molecule has 3 heterocycles. The number of ether oxygens (including phenoxy) is 1. The highest BCUT2D eigenvalue weighted by molar-refractivity contribution is 7.80. The summed E-state index contributed by atoms with van der Waals surface area (Å²) >= 11 is 3.70. The molecule has 1 atom stereocenters. The van der Waals surface area contributed by atoms with Crippen LogP contribution in [0.5, 0.6) is 5.88 Å². The van der Waals surface area contributed by atoms with Gasteiger partial charge in [-0.1, -0.05) is 6.07 Å². The predicted octanol–water partition coefficient (Wildman–Crippen LogP) is 4.12. The van der Waals surface area contributed by atoms with E-state index in [4.69, 9.17) is 10.5 Å². The second-order valence-corrected chi connectivity index (χ2v) is 8.03. The zero-order valence-corrected chi connectivity index (χ0v) is 18.7. The first-order valence-electron chi connectivity index (χ1n) is 10.0. The van der Waals surface area contributed by atoms with E-state index in [0.717, 1.165) is 23.3 Å². The predicted molar refractivity (Wildman–Crippen MR) is 127 cm³/mol. The number of aromatic nitrogens is 3. The van der Waals surface area contributed by atoms with Crippen LogP contribution in [-0.4, -0.2) is 27.7 Å². The summed E-state index contributed by atoms with van der Waals surface area (Å²) in [6.07, 6.45) is 1.68. The van der Waals surface area contributed by atoms with Gasteiger partial charge < -0.3 is 15.8 Å². The molecule has 0 saturated heterocycles. The maximum atomic E-state index is 12.7. The summed E-state index contributed by atoms with van der Waals surface area (Å²) in [5.41, 5.74) is 8.71. The summed E-state index contributed by atoms with van der Waals surface area (Å²) in [4.78, 5) is 21.6. The van der Waals surface area contributed by atoms with Gasteiger partial charge in [-0.2, -0.15) is 0 Å². The van der Waals surface area contributed by atoms with Crippen molar-refractivity contribution in [2.45, 2.75) is 24.4 Å². The standard InChI is InChI=1S/C17H17N5O2.C6H4F2S/c1-9-8-22-16(23)12-5-10(3-4-14(12)21-17(22)20-9)11-6-13(18)15(24-2)19-7-11;7-4-1-2-6(9)5(8)3-4/h3-7,9H,8,18H2,1-2H3,(H,20,21);1-3,9H. The van der Waals surface area contributed by atoms with Gasteiger partial charge in [-0.15, -0.1) is 12.6 Å². The van der Waals surface area contributed by atoms with Crippen molar-refractivity contribution >= 4 is 35.2 Å². The molecule has 2 aromatic heterocycles. The molecule has 1 unspecified atom stereocenters. The van der Waals surface area contributed by atoms with Crippen molar-refractivity contribution in [3.8, 4) is 17.0 Å². The zero-order valence-electron chi connectivity index (χ0n) is 17.8. The first-order chi connectivity index (χ1) is 15.8. The van der Waals surface area contributed by atoms with Crippen molar-refractivity contribution in [2.24, 2.45) is 0 Å². The Balaban J connectivity index is 0.000000243. The Morgan fingerprint density at radius 3 is 2.64 bits per heavy atom. The summed E-state index contributed by atoms with van der Waals surface area (Å²) in [6, 6.07) is 10.8. The lowest BCUT2D eigenvalue weighted by molar-refractivity contribution is 0.400. The van der Waals surface area contributed by atoms with Gasteiger partial charge in [-0.05, 0) is 42.8 Å². The van der Waals surface area contributed by atoms with Crippen molar-refractivity contribution in [2.75, 3.05) is 18.2 Å². The molecule has 33 heavy (non-hydrogen) atoms. The maximum Gasteiger partial charge on any atom is 0.262 e. The fourth-order valence-corrected chi connectivity index (χ4v) is 3.64. The first-order valence-corrected chi connectivity index (χ1v) is 10.5. The minimum absolute atomic E-state index is 0.0388. The average molecular weight is 470 g/mol. The van der Waals surface area contributed by atoms with Gasteiger partial charge in [0.1, 0.15) is 11.6 Å². The third-order valence-corrected chi connectivity index (χ3v) is 5.46. The van der Waals surface area contributed by atoms with Gasteiger partial charge in [0.05, 0.1) is 23.7 Å². The van der Waals surface area contributed by atoms with Gasteiger partial charge in [0.25, 0.3) is 5.56 Å². The number of hydrogen-bond acceptors (Lipinski definition) is 7. The van der Waals surface area contributed by atoms with Gasteiger partial charge in [0, 0.05) is 35.3 Å². The minimum Gasteiger partial charge on any atom is -0.480 e. The number of benzene rings is 2. The van der Waals surface area contributed by atoms with Crippen molar-refractivity contribution < 1.29 is 13.5 Å². The van der Waals surface area contributed by atoms with Crippen LogP contribution in [-0.2, 0) is 6.54 Å². The highest BCUT2D eigenvalue weighted by Gasteiger charge is 2.20. The SMILES string of the molecule is COc1ncc(-c2ccc3nc4n(c(=O)c3c2)CC(C)N4)cc1N.Fc1ccc(S)c(F)c1. The first kappa shape index (κ1) is 22.5. The number of nitrogens with zero attached hydrogens (tertiary/aromatic N) is 3. The molecule has 0 fully saturated rings. The van der Waals surface area contributed by atoms with E-state index in [0.29, 0.717) is 35.0 Å². The number of anilines is 2. The minimum atomic E-state index is -0.627. The number of nitrogen functional groups attached to an aromatic ring is 1. The molecular formula is C23H21F2N5O2S. The van der Waals surface area contributed by atoms with Crippen LogP contribution in [0.15, 0.2) is 58.4 Å². The largest absolute Gasteiger partial charge is 0.480 e. The Morgan fingerprint density at radius 1 is 1.18 bits per heavy atom. The normalized spacial score (nSPS) is 14.3. The molecule has 7 nitrogen and oxygen atoms in total. The van der Waals surface area contributed by atoms with E-state index < -0.39 is 11.6 Å². The average Bonchev–Trinajstić information content (AvgIpc) is 3.17. The molecule has 1 aliphatic heterocycles. The lowest BCUT2D eigenvalue weighted by Gasteiger charge is -2.08. The Labute approximate surface area is 193 Å². The summed E-state index contributed by atoms with van der Waals surface area (Å²) in [6.45, 7) is 2.65. The molecular weight excluding hydrogens is 448 g/mol. The second kappa shape index (κ2) is 9.07. The van der Waals surface area contributed by atoms with Gasteiger partial charge in [0.2, 0.25) is 11.8 Å². The van der Waals surface area contributed by atoms with Crippen LogP contribution in [0.25, 0.3) is 22.0 Å². The molecule has 0 aliphatic carbocycles. The highest BCUT2D eigenvalue weighted by atomic mass is 32.1. The number of pyridine rings is 1. The Bertz CT molecular complexity index is 1410.